The van der Waals surface area contributed by atoms with Crippen LogP contribution in [0.2, 0.25) is 5.28 Å². The first-order chi connectivity index (χ1) is 12.3. The molecule has 11 heteroatoms. The van der Waals surface area contributed by atoms with Gasteiger partial charge in [-0.25, -0.2) is 32.8 Å². The SMILES string of the molecule is C[C@@H](c1nc(Cl)ncc1F)[C@](O)(Cn1cncn1)c1ccc(F)cc1F.Cl. The van der Waals surface area contributed by atoms with Gasteiger partial charge in [0.15, 0.2) is 5.82 Å². The van der Waals surface area contributed by atoms with E-state index < -0.39 is 29.0 Å². The smallest absolute Gasteiger partial charge is 0.222 e. The van der Waals surface area contributed by atoms with Gasteiger partial charge in [0.25, 0.3) is 0 Å². The van der Waals surface area contributed by atoms with Crippen molar-refractivity contribution in [3.8, 4) is 0 Å². The summed E-state index contributed by atoms with van der Waals surface area (Å²) in [4.78, 5) is 11.1. The van der Waals surface area contributed by atoms with E-state index in [2.05, 4.69) is 20.1 Å². The molecule has 1 N–H and O–H groups in total. The molecule has 3 rings (SSSR count). The Kier molecular flexibility index (Phi) is 6.40. The molecule has 0 radical (unpaired) electrons. The van der Waals surface area contributed by atoms with Gasteiger partial charge < -0.3 is 5.11 Å². The van der Waals surface area contributed by atoms with E-state index in [-0.39, 0.29) is 35.5 Å². The number of hydrogen-bond acceptors (Lipinski definition) is 5. The van der Waals surface area contributed by atoms with Gasteiger partial charge in [-0.3, -0.25) is 0 Å². The molecule has 0 fully saturated rings. The van der Waals surface area contributed by atoms with Crippen LogP contribution >= 0.6 is 24.0 Å². The zero-order valence-electron chi connectivity index (χ0n) is 13.9. The first-order valence-corrected chi connectivity index (χ1v) is 7.87. The lowest BCUT2D eigenvalue weighted by Crippen LogP contribution is -2.39. The Bertz CT molecular complexity index is 928. The van der Waals surface area contributed by atoms with Crippen LogP contribution < -0.4 is 0 Å². The summed E-state index contributed by atoms with van der Waals surface area (Å²) >= 11 is 5.73. The number of halogens is 5. The fraction of sp³-hybridized carbons (Fsp3) is 0.250. The van der Waals surface area contributed by atoms with Gasteiger partial charge in [0, 0.05) is 17.5 Å². The van der Waals surface area contributed by atoms with Gasteiger partial charge in [-0.2, -0.15) is 5.10 Å². The second-order valence-corrected chi connectivity index (χ2v) is 6.07. The third kappa shape index (κ3) is 4.20. The number of hydrogen-bond donors (Lipinski definition) is 1. The van der Waals surface area contributed by atoms with Crippen molar-refractivity contribution < 1.29 is 18.3 Å². The van der Waals surface area contributed by atoms with E-state index in [1.54, 1.807) is 0 Å². The van der Waals surface area contributed by atoms with Crippen molar-refractivity contribution in [2.75, 3.05) is 0 Å². The Hall–Kier alpha value is -2.23. The topological polar surface area (TPSA) is 76.7 Å². The Labute approximate surface area is 163 Å². The maximum absolute atomic E-state index is 14.4. The highest BCUT2D eigenvalue weighted by atomic mass is 35.5. The molecule has 0 unspecified atom stereocenters. The monoisotopic (exact) mass is 419 g/mol. The molecular formula is C16H14Cl2F3N5O. The van der Waals surface area contributed by atoms with Crippen molar-refractivity contribution in [2.45, 2.75) is 25.0 Å². The second kappa shape index (κ2) is 8.20. The minimum Gasteiger partial charge on any atom is -0.382 e. The van der Waals surface area contributed by atoms with Crippen LogP contribution in [0.3, 0.4) is 0 Å². The average Bonchev–Trinajstić information content (AvgIpc) is 3.09. The molecule has 1 aromatic carbocycles. The molecule has 0 saturated heterocycles. The molecule has 27 heavy (non-hydrogen) atoms. The summed E-state index contributed by atoms with van der Waals surface area (Å²) in [6.07, 6.45) is 3.40. The zero-order chi connectivity index (χ0) is 18.9. The number of aromatic nitrogens is 5. The molecule has 0 aliphatic rings. The number of nitrogens with zero attached hydrogens (tertiary/aromatic N) is 5. The summed E-state index contributed by atoms with van der Waals surface area (Å²) in [6, 6.07) is 2.73. The molecule has 3 aromatic rings. The predicted molar refractivity (Wildman–Crippen MR) is 92.9 cm³/mol. The van der Waals surface area contributed by atoms with E-state index in [9.17, 15) is 18.3 Å². The summed E-state index contributed by atoms with van der Waals surface area (Å²) in [5, 5.41) is 15.0. The molecule has 0 aliphatic carbocycles. The Morgan fingerprint density at radius 1 is 1.26 bits per heavy atom. The third-order valence-electron chi connectivity index (χ3n) is 4.14. The van der Waals surface area contributed by atoms with Crippen LogP contribution in [-0.4, -0.2) is 29.8 Å². The molecule has 144 valence electrons. The van der Waals surface area contributed by atoms with Crippen molar-refractivity contribution in [1.29, 1.82) is 0 Å². The second-order valence-electron chi connectivity index (χ2n) is 5.74. The predicted octanol–water partition coefficient (Wildman–Crippen LogP) is 3.25. The van der Waals surface area contributed by atoms with Crippen molar-refractivity contribution in [3.63, 3.8) is 0 Å². The van der Waals surface area contributed by atoms with Crippen LogP contribution in [0.25, 0.3) is 0 Å². The number of rotatable bonds is 5. The van der Waals surface area contributed by atoms with E-state index in [0.29, 0.717) is 6.07 Å². The minimum atomic E-state index is -2.02. The van der Waals surface area contributed by atoms with Crippen LogP contribution in [0, 0.1) is 17.5 Å². The van der Waals surface area contributed by atoms with Gasteiger partial charge >= 0.3 is 0 Å². The fourth-order valence-electron chi connectivity index (χ4n) is 2.74. The molecule has 6 nitrogen and oxygen atoms in total. The molecule has 2 atom stereocenters. The summed E-state index contributed by atoms with van der Waals surface area (Å²) < 4.78 is 43.2. The van der Waals surface area contributed by atoms with Gasteiger partial charge in [-0.05, 0) is 17.7 Å². The molecule has 0 spiro atoms. The van der Waals surface area contributed by atoms with Crippen molar-refractivity contribution in [3.05, 3.63) is 71.0 Å². The van der Waals surface area contributed by atoms with Gasteiger partial charge in [0.2, 0.25) is 5.28 Å². The van der Waals surface area contributed by atoms with E-state index in [1.807, 2.05) is 0 Å². The Balaban J connectivity index is 0.00000261. The van der Waals surface area contributed by atoms with Crippen LogP contribution in [0.5, 0.6) is 0 Å². The molecular weight excluding hydrogens is 406 g/mol. The maximum atomic E-state index is 14.4. The molecule has 0 amide bonds. The first kappa shape index (κ1) is 21.1. The average molecular weight is 420 g/mol. The van der Waals surface area contributed by atoms with E-state index in [4.69, 9.17) is 11.6 Å². The van der Waals surface area contributed by atoms with Crippen molar-refractivity contribution in [1.82, 2.24) is 24.7 Å². The Morgan fingerprint density at radius 3 is 2.63 bits per heavy atom. The standard InChI is InChI=1S/C16H13ClF3N5O.ClH/c1-9(14-13(20)5-22-15(17)24-14)16(26,6-25-8-21-7-23-25)11-3-2-10(18)4-12(11)19;/h2-5,7-9,26H,6H2,1H3;1H/t9-,16+;/m0./s1. The lowest BCUT2D eigenvalue weighted by Gasteiger charge is -2.34. The van der Waals surface area contributed by atoms with E-state index >= 15 is 0 Å². The molecule has 0 saturated carbocycles. The summed E-state index contributed by atoms with van der Waals surface area (Å²) in [5.74, 6) is -3.69. The van der Waals surface area contributed by atoms with Gasteiger partial charge in [-0.15, -0.1) is 12.4 Å². The maximum Gasteiger partial charge on any atom is 0.222 e. The molecule has 2 heterocycles. The quantitative estimate of drug-likeness (QED) is 0.642. The highest BCUT2D eigenvalue weighted by Gasteiger charge is 2.42. The van der Waals surface area contributed by atoms with Crippen LogP contribution in [0.1, 0.15) is 24.1 Å². The fourth-order valence-corrected chi connectivity index (χ4v) is 2.88. The zero-order valence-corrected chi connectivity index (χ0v) is 15.4. The number of benzene rings is 1. The van der Waals surface area contributed by atoms with E-state index in [0.717, 1.165) is 18.3 Å². The van der Waals surface area contributed by atoms with Gasteiger partial charge in [-0.1, -0.05) is 13.0 Å². The largest absolute Gasteiger partial charge is 0.382 e. The summed E-state index contributed by atoms with van der Waals surface area (Å²) in [5.41, 5.74) is -2.48. The lowest BCUT2D eigenvalue weighted by molar-refractivity contribution is -0.0133. The van der Waals surface area contributed by atoms with E-state index in [1.165, 1.54) is 24.3 Å². The molecule has 0 bridgehead atoms. The number of aliphatic hydroxyl groups is 1. The van der Waals surface area contributed by atoms with Gasteiger partial charge in [0.1, 0.15) is 29.9 Å². The summed E-state index contributed by atoms with van der Waals surface area (Å²) in [7, 11) is 0. The van der Waals surface area contributed by atoms with Crippen LogP contribution in [0.4, 0.5) is 13.2 Å². The minimum absolute atomic E-state index is 0. The first-order valence-electron chi connectivity index (χ1n) is 7.49. The van der Waals surface area contributed by atoms with Gasteiger partial charge in [0.05, 0.1) is 18.4 Å². The van der Waals surface area contributed by atoms with Crippen LogP contribution in [0.15, 0.2) is 37.1 Å². The lowest BCUT2D eigenvalue weighted by atomic mass is 9.79. The Morgan fingerprint density at radius 2 is 2.00 bits per heavy atom. The highest BCUT2D eigenvalue weighted by Crippen LogP contribution is 2.39. The molecule has 2 aromatic heterocycles. The summed E-state index contributed by atoms with van der Waals surface area (Å²) in [6.45, 7) is 1.17. The van der Waals surface area contributed by atoms with Crippen LogP contribution in [-0.2, 0) is 12.1 Å². The van der Waals surface area contributed by atoms with Crippen molar-refractivity contribution >= 4 is 24.0 Å². The molecule has 0 aliphatic heterocycles. The van der Waals surface area contributed by atoms with Crippen molar-refractivity contribution in [2.24, 2.45) is 0 Å². The highest BCUT2D eigenvalue weighted by molar-refractivity contribution is 6.28. The third-order valence-corrected chi connectivity index (χ3v) is 4.32. The normalized spacial score (nSPS) is 14.3.